The van der Waals surface area contributed by atoms with Crippen LogP contribution in [0.3, 0.4) is 0 Å². The Morgan fingerprint density at radius 3 is 2.83 bits per heavy atom. The third-order valence-corrected chi connectivity index (χ3v) is 4.38. The summed E-state index contributed by atoms with van der Waals surface area (Å²) in [6, 6.07) is 7.24. The van der Waals surface area contributed by atoms with Gasteiger partial charge in [0.1, 0.15) is 0 Å². The van der Waals surface area contributed by atoms with Gasteiger partial charge in [-0.15, -0.1) is 11.3 Å². The molecule has 18 heavy (non-hydrogen) atoms. The van der Waals surface area contributed by atoms with Gasteiger partial charge in [0.15, 0.2) is 0 Å². The highest BCUT2D eigenvalue weighted by atomic mass is 79.9. The Balaban J connectivity index is 2.04. The number of thiophene rings is 1. The lowest BCUT2D eigenvalue weighted by atomic mass is 10.2. The van der Waals surface area contributed by atoms with Crippen molar-refractivity contribution in [1.29, 1.82) is 0 Å². The van der Waals surface area contributed by atoms with Crippen molar-refractivity contribution in [2.45, 2.75) is 13.5 Å². The average Bonchev–Trinajstić information content (AvgIpc) is 2.75. The Labute approximate surface area is 118 Å². The van der Waals surface area contributed by atoms with Crippen molar-refractivity contribution in [1.82, 2.24) is 5.32 Å². The predicted molar refractivity (Wildman–Crippen MR) is 78.8 cm³/mol. The minimum Gasteiger partial charge on any atom is -0.398 e. The first-order valence-electron chi connectivity index (χ1n) is 5.44. The van der Waals surface area contributed by atoms with E-state index in [1.165, 1.54) is 10.4 Å². The SMILES string of the molecule is Cc1ccsc1CNC(=O)c1ccc(Br)c(N)c1. The smallest absolute Gasteiger partial charge is 0.251 e. The van der Waals surface area contributed by atoms with Gasteiger partial charge in [0.2, 0.25) is 0 Å². The van der Waals surface area contributed by atoms with E-state index in [4.69, 9.17) is 5.73 Å². The number of nitrogen functional groups attached to an aromatic ring is 1. The Kier molecular flexibility index (Phi) is 4.04. The number of nitrogens with one attached hydrogen (secondary N) is 1. The number of aryl methyl sites for hydroxylation is 1. The van der Waals surface area contributed by atoms with Gasteiger partial charge in [-0.3, -0.25) is 4.79 Å². The van der Waals surface area contributed by atoms with E-state index in [9.17, 15) is 4.79 Å². The Hall–Kier alpha value is -1.33. The van der Waals surface area contributed by atoms with Crippen LogP contribution >= 0.6 is 27.3 Å². The van der Waals surface area contributed by atoms with E-state index in [1.807, 2.05) is 18.4 Å². The van der Waals surface area contributed by atoms with E-state index < -0.39 is 0 Å². The van der Waals surface area contributed by atoms with Crippen LogP contribution in [-0.2, 0) is 6.54 Å². The number of carbonyl (C=O) groups is 1. The molecular formula is C13H13BrN2OS. The number of anilines is 1. The van der Waals surface area contributed by atoms with E-state index >= 15 is 0 Å². The molecule has 0 bridgehead atoms. The van der Waals surface area contributed by atoms with Crippen LogP contribution in [0.25, 0.3) is 0 Å². The first-order chi connectivity index (χ1) is 8.58. The van der Waals surface area contributed by atoms with Crippen molar-refractivity contribution >= 4 is 38.9 Å². The molecule has 0 saturated heterocycles. The molecule has 0 fully saturated rings. The van der Waals surface area contributed by atoms with Gasteiger partial charge in [0.05, 0.1) is 6.54 Å². The molecule has 2 aromatic rings. The van der Waals surface area contributed by atoms with Crippen LogP contribution in [0.5, 0.6) is 0 Å². The quantitative estimate of drug-likeness (QED) is 0.851. The van der Waals surface area contributed by atoms with Gasteiger partial charge in [0, 0.05) is 20.6 Å². The molecular weight excluding hydrogens is 312 g/mol. The fourth-order valence-electron chi connectivity index (χ4n) is 1.53. The van der Waals surface area contributed by atoms with Crippen LogP contribution < -0.4 is 11.1 Å². The monoisotopic (exact) mass is 324 g/mol. The van der Waals surface area contributed by atoms with Crippen molar-refractivity contribution < 1.29 is 4.79 Å². The fourth-order valence-corrected chi connectivity index (χ4v) is 2.63. The number of halogens is 1. The lowest BCUT2D eigenvalue weighted by Crippen LogP contribution is -2.22. The summed E-state index contributed by atoms with van der Waals surface area (Å²) < 4.78 is 0.799. The fraction of sp³-hybridized carbons (Fsp3) is 0.154. The highest BCUT2D eigenvalue weighted by molar-refractivity contribution is 9.10. The molecule has 1 aromatic carbocycles. The third-order valence-electron chi connectivity index (χ3n) is 2.64. The molecule has 1 aromatic heterocycles. The molecule has 0 radical (unpaired) electrons. The lowest BCUT2D eigenvalue weighted by Gasteiger charge is -2.06. The second-order valence-electron chi connectivity index (χ2n) is 3.95. The molecule has 5 heteroatoms. The molecule has 0 spiro atoms. The first kappa shape index (κ1) is 13.1. The van der Waals surface area contributed by atoms with Crippen LogP contribution in [0.15, 0.2) is 34.1 Å². The van der Waals surface area contributed by atoms with Crippen molar-refractivity contribution in [3.05, 3.63) is 50.1 Å². The zero-order valence-corrected chi connectivity index (χ0v) is 12.3. The van der Waals surface area contributed by atoms with Gasteiger partial charge in [-0.25, -0.2) is 0 Å². The summed E-state index contributed by atoms with van der Waals surface area (Å²) in [5.41, 5.74) is 8.09. The molecule has 3 N–H and O–H groups in total. The van der Waals surface area contributed by atoms with Crippen molar-refractivity contribution in [2.75, 3.05) is 5.73 Å². The number of carbonyl (C=O) groups excluding carboxylic acids is 1. The van der Waals surface area contributed by atoms with E-state index in [2.05, 4.69) is 21.2 Å². The molecule has 2 rings (SSSR count). The Morgan fingerprint density at radius 2 is 2.22 bits per heavy atom. The third kappa shape index (κ3) is 2.91. The van der Waals surface area contributed by atoms with Crippen LogP contribution in [0.4, 0.5) is 5.69 Å². The largest absolute Gasteiger partial charge is 0.398 e. The predicted octanol–water partition coefficient (Wildman–Crippen LogP) is 3.33. The van der Waals surface area contributed by atoms with E-state index in [0.29, 0.717) is 17.8 Å². The Morgan fingerprint density at radius 1 is 1.44 bits per heavy atom. The molecule has 0 atom stereocenters. The maximum absolute atomic E-state index is 11.9. The van der Waals surface area contributed by atoms with Crippen molar-refractivity contribution in [3.8, 4) is 0 Å². The molecule has 0 aliphatic heterocycles. The molecule has 1 heterocycles. The van der Waals surface area contributed by atoms with Gasteiger partial charge >= 0.3 is 0 Å². The summed E-state index contributed by atoms with van der Waals surface area (Å²) in [5.74, 6) is -0.109. The van der Waals surface area contributed by atoms with Gasteiger partial charge in [0.25, 0.3) is 5.91 Å². The number of nitrogens with two attached hydrogens (primary N) is 1. The maximum Gasteiger partial charge on any atom is 0.251 e. The Bertz CT molecular complexity index is 580. The molecule has 0 unspecified atom stereocenters. The number of hydrogen-bond donors (Lipinski definition) is 2. The molecule has 0 aliphatic carbocycles. The second kappa shape index (κ2) is 5.54. The summed E-state index contributed by atoms with van der Waals surface area (Å²) >= 11 is 4.95. The normalized spacial score (nSPS) is 10.3. The van der Waals surface area contributed by atoms with Crippen molar-refractivity contribution in [2.24, 2.45) is 0 Å². The maximum atomic E-state index is 11.9. The van der Waals surface area contributed by atoms with Crippen LogP contribution in [0.1, 0.15) is 20.8 Å². The number of rotatable bonds is 3. The summed E-state index contributed by atoms with van der Waals surface area (Å²) in [4.78, 5) is 13.1. The van der Waals surface area contributed by atoms with Gasteiger partial charge < -0.3 is 11.1 Å². The van der Waals surface area contributed by atoms with Gasteiger partial charge in [-0.2, -0.15) is 0 Å². The highest BCUT2D eigenvalue weighted by Gasteiger charge is 2.08. The van der Waals surface area contributed by atoms with Crippen molar-refractivity contribution in [3.63, 3.8) is 0 Å². The molecule has 94 valence electrons. The van der Waals surface area contributed by atoms with Crippen LogP contribution in [0.2, 0.25) is 0 Å². The average molecular weight is 325 g/mol. The minimum absolute atomic E-state index is 0.109. The summed E-state index contributed by atoms with van der Waals surface area (Å²) in [5, 5.41) is 4.91. The van der Waals surface area contributed by atoms with Gasteiger partial charge in [-0.05, 0) is 58.1 Å². The zero-order valence-electron chi connectivity index (χ0n) is 9.87. The molecule has 3 nitrogen and oxygen atoms in total. The number of amides is 1. The lowest BCUT2D eigenvalue weighted by molar-refractivity contribution is 0.0951. The summed E-state index contributed by atoms with van der Waals surface area (Å²) in [6.45, 7) is 2.59. The van der Waals surface area contributed by atoms with Crippen LogP contribution in [-0.4, -0.2) is 5.91 Å². The van der Waals surface area contributed by atoms with E-state index in [0.717, 1.165) is 4.47 Å². The topological polar surface area (TPSA) is 55.1 Å². The minimum atomic E-state index is -0.109. The molecule has 0 aliphatic rings. The molecule has 1 amide bonds. The van der Waals surface area contributed by atoms with E-state index in [1.54, 1.807) is 29.5 Å². The highest BCUT2D eigenvalue weighted by Crippen LogP contribution is 2.20. The molecule has 0 saturated carbocycles. The standard InChI is InChI=1S/C13H13BrN2OS/c1-8-4-5-18-12(8)7-16-13(17)9-2-3-10(14)11(15)6-9/h2-6H,7,15H2,1H3,(H,16,17). The second-order valence-corrected chi connectivity index (χ2v) is 5.80. The number of hydrogen-bond acceptors (Lipinski definition) is 3. The first-order valence-corrected chi connectivity index (χ1v) is 7.11. The van der Waals surface area contributed by atoms with Crippen LogP contribution in [0, 0.1) is 6.92 Å². The van der Waals surface area contributed by atoms with E-state index in [-0.39, 0.29) is 5.91 Å². The number of benzene rings is 1. The zero-order chi connectivity index (χ0) is 13.1. The summed E-state index contributed by atoms with van der Waals surface area (Å²) in [7, 11) is 0. The van der Waals surface area contributed by atoms with Gasteiger partial charge in [-0.1, -0.05) is 0 Å². The summed E-state index contributed by atoms with van der Waals surface area (Å²) in [6.07, 6.45) is 0.